The highest BCUT2D eigenvalue weighted by Gasteiger charge is 2.40. The Bertz CT molecular complexity index is 586. The van der Waals surface area contributed by atoms with Gasteiger partial charge < -0.3 is 15.0 Å². The van der Waals surface area contributed by atoms with Crippen molar-refractivity contribution < 1.29 is 9.53 Å². The Morgan fingerprint density at radius 1 is 1.38 bits per heavy atom. The Labute approximate surface area is 144 Å². The third-order valence-corrected chi connectivity index (χ3v) is 5.40. The Morgan fingerprint density at radius 3 is 2.88 bits per heavy atom. The molecule has 1 aromatic rings. The number of anilines is 2. The van der Waals surface area contributed by atoms with Crippen molar-refractivity contribution in [3.05, 3.63) is 12.4 Å². The van der Waals surface area contributed by atoms with Gasteiger partial charge in [-0.05, 0) is 51.4 Å². The monoisotopic (exact) mass is 332 g/mol. The van der Waals surface area contributed by atoms with E-state index in [0.29, 0.717) is 0 Å². The molecule has 1 aromatic heterocycles. The Morgan fingerprint density at radius 2 is 2.17 bits per heavy atom. The number of rotatable bonds is 6. The fraction of sp³-hybridized carbons (Fsp3) is 0.722. The molecule has 1 saturated carbocycles. The average molecular weight is 332 g/mol. The third-order valence-electron chi connectivity index (χ3n) is 5.40. The molecule has 1 aliphatic carbocycles. The number of hydrogen-bond donors (Lipinski definition) is 1. The first kappa shape index (κ1) is 17.0. The van der Waals surface area contributed by atoms with Gasteiger partial charge in [-0.25, -0.2) is 9.97 Å². The summed E-state index contributed by atoms with van der Waals surface area (Å²) in [4.78, 5) is 23.1. The highest BCUT2D eigenvalue weighted by molar-refractivity contribution is 5.76. The molecule has 0 amide bonds. The predicted octanol–water partition coefficient (Wildman–Crippen LogP) is 2.71. The van der Waals surface area contributed by atoms with Crippen LogP contribution in [0.5, 0.6) is 0 Å². The maximum atomic E-state index is 12.1. The van der Waals surface area contributed by atoms with E-state index in [1.54, 1.807) is 6.33 Å². The van der Waals surface area contributed by atoms with Gasteiger partial charge >= 0.3 is 5.97 Å². The number of carbonyl (C=O) groups is 1. The number of nitrogens with zero attached hydrogens (tertiary/aromatic N) is 3. The number of methoxy groups -OCH3 is 1. The maximum Gasteiger partial charge on any atom is 0.311 e. The second-order valence-electron chi connectivity index (χ2n) is 7.58. The standard InChI is InChI=1S/C18H28N4O2/c1-18(2,17(23)24-3)14-5-4-8-22(11-14)16-9-15(20-12-21-16)19-10-13-6-7-13/h9,12-14H,4-8,10-11H2,1-3H3,(H,19,20,21). The van der Waals surface area contributed by atoms with Crippen LogP contribution in [0.3, 0.4) is 0 Å². The van der Waals surface area contributed by atoms with Gasteiger partial charge in [0.25, 0.3) is 0 Å². The summed E-state index contributed by atoms with van der Waals surface area (Å²) in [5.74, 6) is 2.76. The normalized spacial score (nSPS) is 21.5. The number of nitrogens with one attached hydrogen (secondary N) is 1. The van der Waals surface area contributed by atoms with Gasteiger partial charge in [-0.3, -0.25) is 4.79 Å². The first-order valence-corrected chi connectivity index (χ1v) is 8.90. The Hall–Kier alpha value is -1.85. The quantitative estimate of drug-likeness (QED) is 0.808. The molecule has 2 heterocycles. The van der Waals surface area contributed by atoms with Crippen LogP contribution in [0, 0.1) is 17.3 Å². The summed E-state index contributed by atoms with van der Waals surface area (Å²) in [5, 5.41) is 3.40. The Kier molecular flexibility index (Phi) is 4.92. The summed E-state index contributed by atoms with van der Waals surface area (Å²) in [5.41, 5.74) is -0.479. The van der Waals surface area contributed by atoms with Gasteiger partial charge in [-0.2, -0.15) is 0 Å². The lowest BCUT2D eigenvalue weighted by molar-refractivity contribution is -0.154. The molecule has 0 radical (unpaired) electrons. The van der Waals surface area contributed by atoms with E-state index in [9.17, 15) is 4.79 Å². The zero-order valence-corrected chi connectivity index (χ0v) is 14.9. The van der Waals surface area contributed by atoms with Crippen molar-refractivity contribution in [2.75, 3.05) is 37.0 Å². The molecule has 1 unspecified atom stereocenters. The summed E-state index contributed by atoms with van der Waals surface area (Å²) >= 11 is 0. The van der Waals surface area contributed by atoms with Crippen molar-refractivity contribution in [3.8, 4) is 0 Å². The highest BCUT2D eigenvalue weighted by atomic mass is 16.5. The lowest BCUT2D eigenvalue weighted by Gasteiger charge is -2.40. The minimum atomic E-state index is -0.479. The smallest absolute Gasteiger partial charge is 0.311 e. The molecular formula is C18H28N4O2. The predicted molar refractivity (Wildman–Crippen MR) is 94.0 cm³/mol. The van der Waals surface area contributed by atoms with E-state index in [2.05, 4.69) is 20.2 Å². The molecule has 0 aromatic carbocycles. The molecule has 132 valence electrons. The largest absolute Gasteiger partial charge is 0.469 e. The molecular weight excluding hydrogens is 304 g/mol. The van der Waals surface area contributed by atoms with Crippen molar-refractivity contribution in [2.24, 2.45) is 17.3 Å². The van der Waals surface area contributed by atoms with Crippen LogP contribution < -0.4 is 10.2 Å². The van der Waals surface area contributed by atoms with E-state index < -0.39 is 5.41 Å². The number of hydrogen-bond acceptors (Lipinski definition) is 6. The Balaban J connectivity index is 1.67. The fourth-order valence-electron chi connectivity index (χ4n) is 3.39. The van der Waals surface area contributed by atoms with E-state index in [-0.39, 0.29) is 11.9 Å². The van der Waals surface area contributed by atoms with E-state index in [1.165, 1.54) is 20.0 Å². The van der Waals surface area contributed by atoms with Crippen molar-refractivity contribution in [1.82, 2.24) is 9.97 Å². The third kappa shape index (κ3) is 3.79. The SMILES string of the molecule is COC(=O)C(C)(C)C1CCCN(c2cc(NCC3CC3)ncn2)C1. The van der Waals surface area contributed by atoms with Gasteiger partial charge in [-0.15, -0.1) is 0 Å². The van der Waals surface area contributed by atoms with Gasteiger partial charge in [0, 0.05) is 25.7 Å². The van der Waals surface area contributed by atoms with Crippen molar-refractivity contribution >= 4 is 17.6 Å². The number of esters is 1. The molecule has 1 aliphatic heterocycles. The first-order valence-electron chi connectivity index (χ1n) is 8.90. The lowest BCUT2D eigenvalue weighted by Crippen LogP contribution is -2.45. The molecule has 24 heavy (non-hydrogen) atoms. The van der Waals surface area contributed by atoms with Gasteiger partial charge in [-0.1, -0.05) is 0 Å². The minimum Gasteiger partial charge on any atom is -0.469 e. The number of carbonyl (C=O) groups excluding carboxylic acids is 1. The molecule has 0 bridgehead atoms. The first-order chi connectivity index (χ1) is 11.5. The van der Waals surface area contributed by atoms with Crippen LogP contribution in [0.25, 0.3) is 0 Å². The number of aromatic nitrogens is 2. The van der Waals surface area contributed by atoms with Gasteiger partial charge in [0.15, 0.2) is 0 Å². The number of ether oxygens (including phenoxy) is 1. The van der Waals surface area contributed by atoms with Crippen LogP contribution in [0.4, 0.5) is 11.6 Å². The molecule has 1 atom stereocenters. The molecule has 2 fully saturated rings. The van der Waals surface area contributed by atoms with E-state index in [0.717, 1.165) is 50.0 Å². The van der Waals surface area contributed by atoms with E-state index >= 15 is 0 Å². The fourth-order valence-corrected chi connectivity index (χ4v) is 3.39. The molecule has 1 saturated heterocycles. The summed E-state index contributed by atoms with van der Waals surface area (Å²) in [6.07, 6.45) is 6.36. The summed E-state index contributed by atoms with van der Waals surface area (Å²) < 4.78 is 5.00. The van der Waals surface area contributed by atoms with Gasteiger partial charge in [0.2, 0.25) is 0 Å². The van der Waals surface area contributed by atoms with Crippen molar-refractivity contribution in [1.29, 1.82) is 0 Å². The molecule has 2 aliphatic rings. The van der Waals surface area contributed by atoms with Crippen molar-refractivity contribution in [2.45, 2.75) is 39.5 Å². The minimum absolute atomic E-state index is 0.135. The van der Waals surface area contributed by atoms with Gasteiger partial charge in [0.1, 0.15) is 18.0 Å². The molecule has 1 N–H and O–H groups in total. The summed E-state index contributed by atoms with van der Waals surface area (Å²) in [6.45, 7) is 6.74. The average Bonchev–Trinajstić information content (AvgIpc) is 3.44. The zero-order chi connectivity index (χ0) is 17.2. The maximum absolute atomic E-state index is 12.1. The molecule has 0 spiro atoms. The highest BCUT2D eigenvalue weighted by Crippen LogP contribution is 2.36. The summed E-state index contributed by atoms with van der Waals surface area (Å²) in [6, 6.07) is 2.02. The summed E-state index contributed by atoms with van der Waals surface area (Å²) in [7, 11) is 1.47. The molecule has 3 rings (SSSR count). The second kappa shape index (κ2) is 6.95. The lowest BCUT2D eigenvalue weighted by atomic mass is 9.74. The van der Waals surface area contributed by atoms with Crippen molar-refractivity contribution in [3.63, 3.8) is 0 Å². The van der Waals surface area contributed by atoms with E-state index in [4.69, 9.17) is 4.74 Å². The van der Waals surface area contributed by atoms with Gasteiger partial charge in [0.05, 0.1) is 12.5 Å². The van der Waals surface area contributed by atoms with Crippen LogP contribution in [0.1, 0.15) is 39.5 Å². The van der Waals surface area contributed by atoms with E-state index in [1.807, 2.05) is 19.9 Å². The second-order valence-corrected chi connectivity index (χ2v) is 7.58. The topological polar surface area (TPSA) is 67.3 Å². The van der Waals surface area contributed by atoms with Crippen LogP contribution in [0.2, 0.25) is 0 Å². The molecule has 6 heteroatoms. The number of piperidine rings is 1. The van der Waals surface area contributed by atoms with Crippen LogP contribution in [-0.2, 0) is 9.53 Å². The molecule has 6 nitrogen and oxygen atoms in total. The zero-order valence-electron chi connectivity index (χ0n) is 14.9. The van der Waals surface area contributed by atoms with Crippen LogP contribution in [0.15, 0.2) is 12.4 Å². The van der Waals surface area contributed by atoms with Crippen LogP contribution in [-0.4, -0.2) is 42.7 Å². The van der Waals surface area contributed by atoms with Crippen LogP contribution >= 0.6 is 0 Å².